The second-order valence-corrected chi connectivity index (χ2v) is 12.7. The average molecular weight is 772 g/mol. The number of carboxylic acids is 5. The molecule has 14 nitrogen and oxygen atoms in total. The van der Waals surface area contributed by atoms with Crippen LogP contribution in [0.25, 0.3) is 44.4 Å². The lowest BCUT2D eigenvalue weighted by Gasteiger charge is -2.04. The van der Waals surface area contributed by atoms with Crippen LogP contribution in [-0.2, 0) is 43.2 Å². The van der Waals surface area contributed by atoms with Crippen molar-refractivity contribution in [1.29, 1.82) is 0 Å². The molecular weight excluding hydrogens is 731 g/mol. The molecule has 0 radical (unpaired) electrons. The zero-order chi connectivity index (χ0) is 37.1. The lowest BCUT2D eigenvalue weighted by Crippen LogP contribution is -2.04. The largest absolute Gasteiger partial charge is 0.481 e. The van der Waals surface area contributed by atoms with Gasteiger partial charge in [0.05, 0.1) is 29.2 Å². The third-order valence-electron chi connectivity index (χ3n) is 9.32. The van der Waals surface area contributed by atoms with Gasteiger partial charge in [-0.3, -0.25) is 24.0 Å². The number of rotatable bonds is 14. The number of allylic oxidation sites excluding steroid dienone is 4. The van der Waals surface area contributed by atoms with Gasteiger partial charge in [0.15, 0.2) is 0 Å². The van der Waals surface area contributed by atoms with Crippen LogP contribution < -0.4 is 0 Å². The minimum absolute atomic E-state index is 0. The monoisotopic (exact) mass is 770 g/mol. The molecule has 0 unspecified atom stereocenters. The van der Waals surface area contributed by atoms with Crippen molar-refractivity contribution in [3.63, 3.8) is 0 Å². The number of aliphatic carboxylic acids is 5. The molecule has 5 heterocycles. The molecule has 0 saturated heterocycles. The maximum absolute atomic E-state index is 12.2. The van der Waals surface area contributed by atoms with E-state index < -0.39 is 36.3 Å². The van der Waals surface area contributed by atoms with Crippen molar-refractivity contribution in [2.24, 2.45) is 0 Å². The van der Waals surface area contributed by atoms with Gasteiger partial charge in [-0.1, -0.05) is 0 Å². The number of halogens is 2. The summed E-state index contributed by atoms with van der Waals surface area (Å²) in [4.78, 5) is 75.2. The first-order valence-electron chi connectivity index (χ1n) is 16.4. The minimum atomic E-state index is -1.14. The molecule has 0 amide bonds. The third-order valence-corrected chi connectivity index (χ3v) is 9.32. The van der Waals surface area contributed by atoms with Gasteiger partial charge >= 0.3 is 29.8 Å². The van der Waals surface area contributed by atoms with E-state index in [0.717, 1.165) is 11.1 Å². The molecule has 0 aliphatic carbocycles. The summed E-state index contributed by atoms with van der Waals surface area (Å²) in [6, 6.07) is 6.90. The Kier molecular flexibility index (Phi) is 13.7. The SMILES string of the molecule is CC1=C(CCC(=O)O)c2cc3nc(cc4[nH]c(cc5[nH]c(cc1n2)c(CCC(=O)O)c5CC(=O)O)c(CCC(=O)O)c4C)C(CCC(=O)O)=C3C.Cl.Cl. The molecule has 2 aliphatic heterocycles. The van der Waals surface area contributed by atoms with E-state index in [2.05, 4.69) is 9.97 Å². The van der Waals surface area contributed by atoms with Crippen LogP contribution in [-0.4, -0.2) is 75.3 Å². The van der Waals surface area contributed by atoms with Crippen LogP contribution in [0.5, 0.6) is 0 Å². The average Bonchev–Trinajstić information content (AvgIpc) is 3.70. The molecule has 0 fully saturated rings. The lowest BCUT2D eigenvalue weighted by molar-refractivity contribution is -0.138. The van der Waals surface area contributed by atoms with Crippen LogP contribution in [0.15, 0.2) is 24.3 Å². The number of nitrogens with zero attached hydrogens (tertiary/aromatic N) is 2. The number of hydrogen-bond donors (Lipinski definition) is 7. The molecule has 282 valence electrons. The van der Waals surface area contributed by atoms with Crippen molar-refractivity contribution in [2.45, 2.75) is 78.6 Å². The van der Waals surface area contributed by atoms with Crippen LogP contribution in [0.2, 0.25) is 0 Å². The molecular formula is C37H40Cl2N4O10. The van der Waals surface area contributed by atoms with Gasteiger partial charge in [-0.2, -0.15) is 0 Å². The zero-order valence-electron chi connectivity index (χ0n) is 29.2. The first-order valence-corrected chi connectivity index (χ1v) is 16.4. The molecule has 0 spiro atoms. The lowest BCUT2D eigenvalue weighted by atomic mass is 9.98. The van der Waals surface area contributed by atoms with E-state index in [1.807, 2.05) is 13.8 Å². The van der Waals surface area contributed by atoms with E-state index >= 15 is 0 Å². The van der Waals surface area contributed by atoms with Crippen LogP contribution in [0.3, 0.4) is 0 Å². The van der Waals surface area contributed by atoms with E-state index in [1.54, 1.807) is 31.2 Å². The smallest absolute Gasteiger partial charge is 0.307 e. The Morgan fingerprint density at radius 3 is 1.40 bits per heavy atom. The van der Waals surface area contributed by atoms with Crippen molar-refractivity contribution in [3.8, 4) is 0 Å². The summed E-state index contributed by atoms with van der Waals surface area (Å²) in [5.41, 5.74) is 8.86. The Bertz CT molecular complexity index is 2230. The van der Waals surface area contributed by atoms with Crippen LogP contribution in [0.1, 0.15) is 97.4 Å². The highest BCUT2D eigenvalue weighted by atomic mass is 35.5. The molecule has 7 N–H and O–H groups in total. The number of fused-ring (bicyclic) bond motifs is 8. The van der Waals surface area contributed by atoms with Crippen LogP contribution in [0.4, 0.5) is 0 Å². The second-order valence-electron chi connectivity index (χ2n) is 12.7. The highest BCUT2D eigenvalue weighted by Gasteiger charge is 2.24. The quantitative estimate of drug-likeness (QED) is 0.0903. The molecule has 53 heavy (non-hydrogen) atoms. The number of aromatic nitrogens is 4. The van der Waals surface area contributed by atoms with Crippen LogP contribution >= 0.6 is 24.8 Å². The van der Waals surface area contributed by atoms with Gasteiger partial charge in [-0.05, 0) is 115 Å². The van der Waals surface area contributed by atoms with Gasteiger partial charge in [0.2, 0.25) is 0 Å². The van der Waals surface area contributed by atoms with E-state index in [1.165, 1.54) is 0 Å². The number of carboxylic acid groups (broad SMARTS) is 5. The summed E-state index contributed by atoms with van der Waals surface area (Å²) < 4.78 is 0. The number of carbonyl (C=O) groups is 5. The minimum Gasteiger partial charge on any atom is -0.481 e. The summed E-state index contributed by atoms with van der Waals surface area (Å²) in [7, 11) is 0. The highest BCUT2D eigenvalue weighted by Crippen LogP contribution is 2.38. The highest BCUT2D eigenvalue weighted by molar-refractivity contribution is 5.96. The molecule has 0 saturated carbocycles. The fourth-order valence-corrected chi connectivity index (χ4v) is 6.66. The number of H-pyrrole nitrogens is 2. The number of aromatic amines is 2. The Labute approximate surface area is 315 Å². The van der Waals surface area contributed by atoms with E-state index in [9.17, 15) is 49.5 Å². The summed E-state index contributed by atoms with van der Waals surface area (Å²) >= 11 is 0. The van der Waals surface area contributed by atoms with Crippen molar-refractivity contribution in [1.82, 2.24) is 19.9 Å². The van der Waals surface area contributed by atoms with E-state index in [4.69, 9.17) is 9.97 Å². The maximum Gasteiger partial charge on any atom is 0.307 e. The summed E-state index contributed by atoms with van der Waals surface area (Å²) in [5, 5.41) is 48.1. The normalized spacial score (nSPS) is 12.3. The van der Waals surface area contributed by atoms with E-state index in [0.29, 0.717) is 78.3 Å². The summed E-state index contributed by atoms with van der Waals surface area (Å²) in [6.07, 6.45) is -0.728. The molecule has 16 heteroatoms. The Morgan fingerprint density at radius 2 is 0.887 bits per heavy atom. The number of nitrogens with one attached hydrogen (secondary N) is 2. The van der Waals surface area contributed by atoms with Crippen molar-refractivity contribution in [3.05, 3.63) is 69.3 Å². The van der Waals surface area contributed by atoms with Crippen molar-refractivity contribution < 1.29 is 49.5 Å². The molecule has 3 aromatic rings. The molecule has 3 aromatic heterocycles. The predicted molar refractivity (Wildman–Crippen MR) is 202 cm³/mol. The van der Waals surface area contributed by atoms with Gasteiger partial charge in [0.25, 0.3) is 0 Å². The summed E-state index contributed by atoms with van der Waals surface area (Å²) in [5.74, 6) is -5.20. The second kappa shape index (κ2) is 17.4. The Hall–Kier alpha value is -5.47. The molecule has 0 aromatic carbocycles. The fraction of sp³-hybridized carbons (Fsp3) is 0.324. The molecule has 2 aliphatic rings. The van der Waals surface area contributed by atoms with Crippen molar-refractivity contribution >= 4 is 99.0 Å². The van der Waals surface area contributed by atoms with Gasteiger partial charge in [0, 0.05) is 47.8 Å². The fourth-order valence-electron chi connectivity index (χ4n) is 6.66. The first-order chi connectivity index (χ1) is 24.1. The first kappa shape index (κ1) is 41.9. The number of hydrogen-bond acceptors (Lipinski definition) is 7. The topological polar surface area (TPSA) is 244 Å². The Balaban J connectivity index is 0.00000378. The van der Waals surface area contributed by atoms with Gasteiger partial charge in [0.1, 0.15) is 0 Å². The molecule has 5 rings (SSSR count). The molecule has 0 atom stereocenters. The van der Waals surface area contributed by atoms with Crippen molar-refractivity contribution in [2.75, 3.05) is 0 Å². The standard InChI is InChI=1S/C37H38N4O10.2ClH/c1-17-20(4-8-33(42)43)28-14-26-19(3)22(6-10-35(46)47)30(40-26)16-32-24(12-37(50)51)23(7-11-36(48)49)31(41-32)15-27-18(2)21(5-9-34(44)45)29(39-27)13-25(17)38-28;;/h13-16,40-41H,4-12H2,1-3H3,(H,42,43)(H,44,45)(H,46,47)(H,48,49)(H,50,51);2*1H. The Morgan fingerprint density at radius 1 is 0.491 bits per heavy atom. The third kappa shape index (κ3) is 9.50. The van der Waals surface area contributed by atoms with E-state index in [-0.39, 0.29) is 76.2 Å². The van der Waals surface area contributed by atoms with Gasteiger partial charge < -0.3 is 35.5 Å². The number of aryl methyl sites for hydroxylation is 3. The zero-order valence-corrected chi connectivity index (χ0v) is 30.8. The van der Waals surface area contributed by atoms with Crippen LogP contribution in [0, 0.1) is 6.92 Å². The van der Waals surface area contributed by atoms with Gasteiger partial charge in [-0.15, -0.1) is 24.8 Å². The summed E-state index contributed by atoms with van der Waals surface area (Å²) in [6.45, 7) is 5.45. The maximum atomic E-state index is 12.2. The molecule has 8 bridgehead atoms. The van der Waals surface area contributed by atoms with Gasteiger partial charge in [-0.25, -0.2) is 9.97 Å². The predicted octanol–water partition coefficient (Wildman–Crippen LogP) is 6.72.